The molecule has 9 heteroatoms. The molecule has 0 amide bonds. The van der Waals surface area contributed by atoms with Gasteiger partial charge in [0, 0.05) is 68.1 Å². The highest BCUT2D eigenvalue weighted by molar-refractivity contribution is 9.10. The summed E-state index contributed by atoms with van der Waals surface area (Å²) >= 11 is 13.4. The summed E-state index contributed by atoms with van der Waals surface area (Å²) in [4.78, 5) is 7.02. The molecular formula is C24H30Br2N2O3S2. The van der Waals surface area contributed by atoms with Crippen LogP contribution < -0.4 is 9.80 Å². The molecular weight excluding hydrogens is 588 g/mol. The van der Waals surface area contributed by atoms with Crippen molar-refractivity contribution in [1.82, 2.24) is 0 Å². The predicted molar refractivity (Wildman–Crippen MR) is 147 cm³/mol. The summed E-state index contributed by atoms with van der Waals surface area (Å²) in [6.45, 7) is 8.94. The third-order valence-corrected chi connectivity index (χ3v) is 8.05. The average Bonchev–Trinajstić information content (AvgIpc) is 3.33. The number of nitrogens with zero attached hydrogens (tertiary/aromatic N) is 2. The fourth-order valence-corrected chi connectivity index (χ4v) is 6.69. The zero-order chi connectivity index (χ0) is 23.0. The number of thioether (sulfide) groups is 1. The second kappa shape index (κ2) is 13.0. The number of benzene rings is 2. The quantitative estimate of drug-likeness (QED) is 0.441. The van der Waals surface area contributed by atoms with Gasteiger partial charge in [-0.2, -0.15) is 0 Å². The Morgan fingerprint density at radius 1 is 0.727 bits per heavy atom. The molecule has 5 nitrogen and oxygen atoms in total. The van der Waals surface area contributed by atoms with E-state index >= 15 is 0 Å². The first kappa shape index (κ1) is 25.7. The molecule has 0 spiro atoms. The van der Waals surface area contributed by atoms with Crippen LogP contribution in [0.1, 0.15) is 6.42 Å². The minimum Gasteiger partial charge on any atom is -0.380 e. The summed E-state index contributed by atoms with van der Waals surface area (Å²) in [6, 6.07) is 12.9. The van der Waals surface area contributed by atoms with Crippen molar-refractivity contribution in [2.75, 3.05) is 75.6 Å². The smallest absolute Gasteiger partial charge is 0.0642 e. The van der Waals surface area contributed by atoms with Crippen LogP contribution >= 0.6 is 56.3 Å². The Balaban J connectivity index is 0.000000165. The van der Waals surface area contributed by atoms with Crippen LogP contribution in [0.3, 0.4) is 0 Å². The van der Waals surface area contributed by atoms with Gasteiger partial charge >= 0.3 is 0 Å². The molecule has 3 fully saturated rings. The molecule has 33 heavy (non-hydrogen) atoms. The fourth-order valence-electron chi connectivity index (χ4n) is 3.98. The van der Waals surface area contributed by atoms with Crippen LogP contribution in [0.2, 0.25) is 0 Å². The molecule has 2 aromatic rings. The number of thiol groups is 1. The standard InChI is InChI=1S/C14H18BrNO2S.C10H12BrNOS/c15-11-7-12(16-2-5-17-6-3-16)9-14(8-11)19-13-1-4-18-10-13;11-8-5-9(7-10(14)6-8)12-1-3-13-4-2-12/h7-9,13H,1-6,10H2;5-7,14H,1-4H2/t13-;/m1./s1. The molecule has 3 aliphatic heterocycles. The summed E-state index contributed by atoms with van der Waals surface area (Å²) in [6.07, 6.45) is 1.16. The fraction of sp³-hybridized carbons (Fsp3) is 0.500. The van der Waals surface area contributed by atoms with Crippen molar-refractivity contribution >= 4 is 67.6 Å². The van der Waals surface area contributed by atoms with E-state index in [9.17, 15) is 0 Å². The molecule has 3 aliphatic rings. The number of hydrogen-bond acceptors (Lipinski definition) is 7. The Morgan fingerprint density at radius 3 is 1.85 bits per heavy atom. The minimum absolute atomic E-state index is 0.604. The van der Waals surface area contributed by atoms with Gasteiger partial charge in [-0.05, 0) is 42.8 Å². The zero-order valence-corrected chi connectivity index (χ0v) is 23.4. The molecule has 180 valence electrons. The number of hydrogen-bond donors (Lipinski definition) is 1. The lowest BCUT2D eigenvalue weighted by Gasteiger charge is -2.29. The lowest BCUT2D eigenvalue weighted by Crippen LogP contribution is -2.36. The van der Waals surface area contributed by atoms with E-state index in [0.717, 1.165) is 86.1 Å². The van der Waals surface area contributed by atoms with Gasteiger partial charge in [-0.1, -0.05) is 31.9 Å². The molecule has 3 heterocycles. The van der Waals surface area contributed by atoms with Gasteiger partial charge in [-0.25, -0.2) is 0 Å². The highest BCUT2D eigenvalue weighted by Crippen LogP contribution is 2.34. The first-order valence-electron chi connectivity index (χ1n) is 11.3. The molecule has 0 N–H and O–H groups in total. The number of halogens is 2. The van der Waals surface area contributed by atoms with Crippen molar-refractivity contribution in [1.29, 1.82) is 0 Å². The SMILES string of the molecule is Brc1cc(S[C@@H]2CCOC2)cc(N2CCOCC2)c1.Sc1cc(Br)cc(N2CCOCC2)c1. The Kier molecular flexibility index (Phi) is 10.1. The summed E-state index contributed by atoms with van der Waals surface area (Å²) in [5.41, 5.74) is 2.51. The summed E-state index contributed by atoms with van der Waals surface area (Å²) in [5, 5.41) is 0.604. The summed E-state index contributed by atoms with van der Waals surface area (Å²) in [7, 11) is 0. The van der Waals surface area contributed by atoms with E-state index in [-0.39, 0.29) is 0 Å². The van der Waals surface area contributed by atoms with Gasteiger partial charge in [0.2, 0.25) is 0 Å². The molecule has 0 bridgehead atoms. The van der Waals surface area contributed by atoms with Crippen molar-refractivity contribution in [3.8, 4) is 0 Å². The molecule has 1 atom stereocenters. The van der Waals surface area contributed by atoms with Gasteiger partial charge in [0.05, 0.1) is 33.0 Å². The molecule has 0 aliphatic carbocycles. The van der Waals surface area contributed by atoms with Crippen molar-refractivity contribution in [2.24, 2.45) is 0 Å². The van der Waals surface area contributed by atoms with E-state index in [2.05, 4.69) is 84.6 Å². The van der Waals surface area contributed by atoms with Gasteiger partial charge < -0.3 is 24.0 Å². The Hall–Kier alpha value is -0.420. The van der Waals surface area contributed by atoms with Crippen LogP contribution in [0.15, 0.2) is 55.1 Å². The monoisotopic (exact) mass is 616 g/mol. The highest BCUT2D eigenvalue weighted by atomic mass is 79.9. The van der Waals surface area contributed by atoms with Crippen molar-refractivity contribution in [2.45, 2.75) is 21.5 Å². The van der Waals surface area contributed by atoms with Crippen LogP contribution in [0.4, 0.5) is 11.4 Å². The lowest BCUT2D eigenvalue weighted by atomic mass is 10.2. The van der Waals surface area contributed by atoms with Crippen molar-refractivity contribution in [3.05, 3.63) is 45.3 Å². The van der Waals surface area contributed by atoms with Gasteiger partial charge in [0.25, 0.3) is 0 Å². The Morgan fingerprint density at radius 2 is 1.30 bits per heavy atom. The Bertz CT molecular complexity index is 883. The summed E-state index contributed by atoms with van der Waals surface area (Å²) < 4.78 is 18.4. The first-order valence-corrected chi connectivity index (χ1v) is 14.2. The first-order chi connectivity index (χ1) is 16.1. The zero-order valence-electron chi connectivity index (χ0n) is 18.6. The van der Waals surface area contributed by atoms with E-state index in [0.29, 0.717) is 5.25 Å². The maximum atomic E-state index is 5.45. The highest BCUT2D eigenvalue weighted by Gasteiger charge is 2.18. The van der Waals surface area contributed by atoms with E-state index in [1.54, 1.807) is 0 Å². The van der Waals surface area contributed by atoms with Crippen LogP contribution in [-0.4, -0.2) is 71.1 Å². The van der Waals surface area contributed by atoms with Crippen LogP contribution in [0, 0.1) is 0 Å². The van der Waals surface area contributed by atoms with Gasteiger partial charge in [-0.3, -0.25) is 0 Å². The number of rotatable bonds is 4. The van der Waals surface area contributed by atoms with Crippen LogP contribution in [0.5, 0.6) is 0 Å². The molecule has 0 unspecified atom stereocenters. The third kappa shape index (κ3) is 8.05. The molecule has 0 radical (unpaired) electrons. The van der Waals surface area contributed by atoms with Crippen LogP contribution in [0.25, 0.3) is 0 Å². The average molecular weight is 618 g/mol. The molecule has 2 aromatic carbocycles. The topological polar surface area (TPSA) is 34.2 Å². The molecule has 0 aromatic heterocycles. The molecule has 3 saturated heterocycles. The number of morpholine rings is 2. The van der Waals surface area contributed by atoms with Crippen molar-refractivity contribution < 1.29 is 14.2 Å². The van der Waals surface area contributed by atoms with E-state index in [1.807, 2.05) is 17.8 Å². The maximum absolute atomic E-state index is 5.45. The third-order valence-electron chi connectivity index (χ3n) is 5.67. The van der Waals surface area contributed by atoms with Gasteiger partial charge in [0.15, 0.2) is 0 Å². The normalized spacial score (nSPS) is 21.0. The van der Waals surface area contributed by atoms with E-state index in [4.69, 9.17) is 14.2 Å². The lowest BCUT2D eigenvalue weighted by molar-refractivity contribution is 0.122. The number of anilines is 2. The van der Waals surface area contributed by atoms with Gasteiger partial charge in [-0.15, -0.1) is 24.4 Å². The van der Waals surface area contributed by atoms with Crippen LogP contribution in [-0.2, 0) is 14.2 Å². The minimum atomic E-state index is 0.604. The largest absolute Gasteiger partial charge is 0.380 e. The number of ether oxygens (including phenoxy) is 3. The van der Waals surface area contributed by atoms with Gasteiger partial charge in [0.1, 0.15) is 0 Å². The second-order valence-electron chi connectivity index (χ2n) is 8.12. The van der Waals surface area contributed by atoms with E-state index < -0.39 is 0 Å². The van der Waals surface area contributed by atoms with E-state index in [1.165, 1.54) is 16.3 Å². The summed E-state index contributed by atoms with van der Waals surface area (Å²) in [5.74, 6) is 0. The second-order valence-corrected chi connectivity index (χ2v) is 11.8. The maximum Gasteiger partial charge on any atom is 0.0642 e. The van der Waals surface area contributed by atoms with Crippen molar-refractivity contribution in [3.63, 3.8) is 0 Å². The molecule has 5 rings (SSSR count). The molecule has 0 saturated carbocycles. The predicted octanol–water partition coefficient (Wildman–Crippen LogP) is 5.74. The Labute approximate surface area is 223 Å².